The van der Waals surface area contributed by atoms with Crippen LogP contribution in [0.5, 0.6) is 0 Å². The lowest BCUT2D eigenvalue weighted by molar-refractivity contribution is 0.199. The van der Waals surface area contributed by atoms with Gasteiger partial charge in [-0.15, -0.1) is 0 Å². The first-order valence-electron chi connectivity index (χ1n) is 6.50. The van der Waals surface area contributed by atoms with E-state index in [1.165, 1.54) is 19.3 Å². The second-order valence-corrected chi connectivity index (χ2v) is 7.25. The molecule has 1 atom stereocenters. The Kier molecular flexibility index (Phi) is 6.44. The average molecular weight is 263 g/mol. The molecule has 17 heavy (non-hydrogen) atoms. The van der Waals surface area contributed by atoms with E-state index in [4.69, 9.17) is 10.5 Å². The Morgan fingerprint density at radius 2 is 1.94 bits per heavy atom. The molecule has 1 fully saturated rings. The molecule has 102 valence electrons. The van der Waals surface area contributed by atoms with Crippen molar-refractivity contribution in [2.45, 2.75) is 44.6 Å². The van der Waals surface area contributed by atoms with E-state index in [1.807, 2.05) is 0 Å². The highest BCUT2D eigenvalue weighted by atomic mass is 32.2. The van der Waals surface area contributed by atoms with Crippen molar-refractivity contribution in [3.05, 3.63) is 0 Å². The van der Waals surface area contributed by atoms with Gasteiger partial charge >= 0.3 is 0 Å². The minimum absolute atomic E-state index is 0.140. The van der Waals surface area contributed by atoms with Crippen LogP contribution in [0.15, 0.2) is 0 Å². The molecule has 1 aliphatic carbocycles. The van der Waals surface area contributed by atoms with Gasteiger partial charge in [0.05, 0.1) is 11.5 Å². The molecule has 0 bridgehead atoms. The zero-order chi connectivity index (χ0) is 12.7. The third-order valence-electron chi connectivity index (χ3n) is 3.51. The number of nitrogens with two attached hydrogens (primary N) is 1. The maximum atomic E-state index is 11.8. The van der Waals surface area contributed by atoms with Crippen LogP contribution in [0.2, 0.25) is 0 Å². The standard InChI is InChI=1S/C12H25NO3S/c1-16-8-5-9-17(14,15)10-12(13)11-6-3-2-4-7-11/h11-12H,2-10,13H2,1H3. The highest BCUT2D eigenvalue weighted by Gasteiger charge is 2.25. The van der Waals surface area contributed by atoms with Crippen molar-refractivity contribution in [1.29, 1.82) is 0 Å². The fourth-order valence-electron chi connectivity index (χ4n) is 2.50. The van der Waals surface area contributed by atoms with Gasteiger partial charge in [-0.2, -0.15) is 0 Å². The molecule has 0 saturated heterocycles. The van der Waals surface area contributed by atoms with Gasteiger partial charge in [0.2, 0.25) is 0 Å². The second kappa shape index (κ2) is 7.34. The molecular weight excluding hydrogens is 238 g/mol. The van der Waals surface area contributed by atoms with E-state index in [0.717, 1.165) is 12.8 Å². The second-order valence-electron chi connectivity index (χ2n) is 5.02. The molecule has 1 aliphatic rings. The maximum absolute atomic E-state index is 11.8. The van der Waals surface area contributed by atoms with Crippen molar-refractivity contribution in [1.82, 2.24) is 0 Å². The largest absolute Gasteiger partial charge is 0.385 e. The summed E-state index contributed by atoms with van der Waals surface area (Å²) in [5, 5.41) is 0. The number of ether oxygens (including phenoxy) is 1. The van der Waals surface area contributed by atoms with Gasteiger partial charge in [0.15, 0.2) is 9.84 Å². The summed E-state index contributed by atoms with van der Waals surface area (Å²) in [6.07, 6.45) is 6.41. The zero-order valence-corrected chi connectivity index (χ0v) is 11.5. The predicted octanol–water partition coefficient (Wildman–Crippen LogP) is 1.35. The third kappa shape index (κ3) is 5.84. The lowest BCUT2D eigenvalue weighted by atomic mass is 9.85. The molecule has 0 amide bonds. The third-order valence-corrected chi connectivity index (χ3v) is 5.31. The molecule has 0 aromatic heterocycles. The zero-order valence-electron chi connectivity index (χ0n) is 10.7. The summed E-state index contributed by atoms with van der Waals surface area (Å²) in [5.41, 5.74) is 6.03. The molecule has 1 saturated carbocycles. The van der Waals surface area contributed by atoms with Gasteiger partial charge in [0.25, 0.3) is 0 Å². The van der Waals surface area contributed by atoms with Crippen molar-refractivity contribution >= 4 is 9.84 Å². The van der Waals surface area contributed by atoms with Crippen LogP contribution in [-0.2, 0) is 14.6 Å². The minimum Gasteiger partial charge on any atom is -0.385 e. The number of rotatable bonds is 7. The Hall–Kier alpha value is -0.130. The first-order chi connectivity index (χ1) is 8.05. The summed E-state index contributed by atoms with van der Waals surface area (Å²) in [5.74, 6) is 0.740. The predicted molar refractivity (Wildman–Crippen MR) is 69.7 cm³/mol. The molecule has 4 nitrogen and oxygen atoms in total. The Balaban J connectivity index is 2.34. The fourth-order valence-corrected chi connectivity index (χ4v) is 4.08. The average Bonchev–Trinajstić information content (AvgIpc) is 2.30. The van der Waals surface area contributed by atoms with Crippen molar-refractivity contribution in [2.75, 3.05) is 25.2 Å². The first-order valence-corrected chi connectivity index (χ1v) is 8.32. The van der Waals surface area contributed by atoms with E-state index in [9.17, 15) is 8.42 Å². The van der Waals surface area contributed by atoms with Gasteiger partial charge in [-0.1, -0.05) is 19.3 Å². The van der Waals surface area contributed by atoms with Gasteiger partial charge in [0.1, 0.15) is 0 Å². The van der Waals surface area contributed by atoms with Gasteiger partial charge in [0, 0.05) is 19.8 Å². The number of hydrogen-bond donors (Lipinski definition) is 1. The molecule has 0 aliphatic heterocycles. The van der Waals surface area contributed by atoms with Crippen molar-refractivity contribution in [2.24, 2.45) is 11.7 Å². The number of methoxy groups -OCH3 is 1. The van der Waals surface area contributed by atoms with Gasteiger partial charge < -0.3 is 10.5 Å². The van der Waals surface area contributed by atoms with Crippen LogP contribution in [0.25, 0.3) is 0 Å². The van der Waals surface area contributed by atoms with Gasteiger partial charge in [-0.05, 0) is 25.2 Å². The van der Waals surface area contributed by atoms with E-state index < -0.39 is 9.84 Å². The number of sulfone groups is 1. The van der Waals surface area contributed by atoms with Crippen LogP contribution >= 0.6 is 0 Å². The van der Waals surface area contributed by atoms with Crippen LogP contribution in [0, 0.1) is 5.92 Å². The van der Waals surface area contributed by atoms with E-state index >= 15 is 0 Å². The van der Waals surface area contributed by atoms with Gasteiger partial charge in [-0.3, -0.25) is 0 Å². The van der Waals surface area contributed by atoms with E-state index in [1.54, 1.807) is 7.11 Å². The van der Waals surface area contributed by atoms with Crippen LogP contribution < -0.4 is 5.73 Å². The van der Waals surface area contributed by atoms with Crippen LogP contribution in [0.1, 0.15) is 38.5 Å². The Labute approximate surface area is 105 Å². The summed E-state index contributed by atoms with van der Waals surface area (Å²) in [6.45, 7) is 0.498. The van der Waals surface area contributed by atoms with Gasteiger partial charge in [-0.25, -0.2) is 8.42 Å². The van der Waals surface area contributed by atoms with E-state index in [-0.39, 0.29) is 17.5 Å². The molecule has 1 unspecified atom stereocenters. The quantitative estimate of drug-likeness (QED) is 0.704. The Bertz CT molecular complexity index is 297. The lowest BCUT2D eigenvalue weighted by Gasteiger charge is -2.27. The monoisotopic (exact) mass is 263 g/mol. The molecular formula is C12H25NO3S. The Morgan fingerprint density at radius 3 is 2.53 bits per heavy atom. The Morgan fingerprint density at radius 1 is 1.29 bits per heavy atom. The lowest BCUT2D eigenvalue weighted by Crippen LogP contribution is -2.38. The van der Waals surface area contributed by atoms with Crippen molar-refractivity contribution < 1.29 is 13.2 Å². The molecule has 2 N–H and O–H groups in total. The van der Waals surface area contributed by atoms with E-state index in [0.29, 0.717) is 18.9 Å². The van der Waals surface area contributed by atoms with Crippen LogP contribution in [0.3, 0.4) is 0 Å². The summed E-state index contributed by atoms with van der Waals surface area (Å²) in [4.78, 5) is 0. The molecule has 0 spiro atoms. The minimum atomic E-state index is -3.01. The SMILES string of the molecule is COCCCS(=O)(=O)CC(N)C1CCCCC1. The molecule has 5 heteroatoms. The topological polar surface area (TPSA) is 69.4 Å². The summed E-state index contributed by atoms with van der Waals surface area (Å²) >= 11 is 0. The fraction of sp³-hybridized carbons (Fsp3) is 1.00. The first kappa shape index (κ1) is 14.9. The van der Waals surface area contributed by atoms with Crippen molar-refractivity contribution in [3.8, 4) is 0 Å². The summed E-state index contributed by atoms with van der Waals surface area (Å²) in [6, 6.07) is -0.178. The highest BCUT2D eigenvalue weighted by molar-refractivity contribution is 7.91. The molecule has 0 aromatic rings. The van der Waals surface area contributed by atoms with Crippen molar-refractivity contribution in [3.63, 3.8) is 0 Å². The van der Waals surface area contributed by atoms with E-state index in [2.05, 4.69) is 0 Å². The molecule has 0 heterocycles. The summed E-state index contributed by atoms with van der Waals surface area (Å²) < 4.78 is 28.5. The van der Waals surface area contributed by atoms with Crippen LogP contribution in [-0.4, -0.2) is 39.7 Å². The normalized spacial score (nSPS) is 20.4. The molecule has 0 aromatic carbocycles. The number of hydrogen-bond acceptors (Lipinski definition) is 4. The van der Waals surface area contributed by atoms with Crippen LogP contribution in [0.4, 0.5) is 0 Å². The highest BCUT2D eigenvalue weighted by Crippen LogP contribution is 2.26. The summed E-state index contributed by atoms with van der Waals surface area (Å²) in [7, 11) is -1.42. The molecule has 1 rings (SSSR count). The molecule has 0 radical (unpaired) electrons. The smallest absolute Gasteiger partial charge is 0.151 e. The maximum Gasteiger partial charge on any atom is 0.151 e.